The zero-order valence-electron chi connectivity index (χ0n) is 8.23. The third-order valence-electron chi connectivity index (χ3n) is 1.46. The van der Waals surface area contributed by atoms with Crippen molar-refractivity contribution >= 4 is 11.9 Å². The maximum absolute atomic E-state index is 10.3. The van der Waals surface area contributed by atoms with Crippen molar-refractivity contribution in [3.63, 3.8) is 0 Å². The molecule has 0 saturated heterocycles. The first-order valence-corrected chi connectivity index (χ1v) is 4.06. The Morgan fingerprint density at radius 2 is 1.18 bits per heavy atom. The van der Waals surface area contributed by atoms with Crippen molar-refractivity contribution in [2.45, 2.75) is 0 Å². The molecule has 0 bridgehead atoms. The number of hydrogen-bond acceptors (Lipinski definition) is 2. The van der Waals surface area contributed by atoms with Crippen molar-refractivity contribution < 1.29 is 33.0 Å². The summed E-state index contributed by atoms with van der Waals surface area (Å²) in [4.78, 5) is 20.7. The number of benzene rings is 1. The summed E-state index contributed by atoms with van der Waals surface area (Å²) >= 11 is 0. The van der Waals surface area contributed by atoms with Crippen LogP contribution in [0.4, 0.5) is 13.2 Å². The number of carboxylic acids is 2. The fourth-order valence-corrected chi connectivity index (χ4v) is 0.755. The summed E-state index contributed by atoms with van der Waals surface area (Å²) in [5.41, 5.74) is 0.167. The van der Waals surface area contributed by atoms with E-state index in [0.29, 0.717) is 0 Å². The number of aromatic carboxylic acids is 2. The molecule has 0 aliphatic carbocycles. The Kier molecular flexibility index (Phi) is 6.09. The summed E-state index contributed by atoms with van der Waals surface area (Å²) < 4.78 is 30.7. The van der Waals surface area contributed by atoms with E-state index in [4.69, 9.17) is 10.2 Å². The van der Waals surface area contributed by atoms with E-state index in [9.17, 15) is 22.8 Å². The van der Waals surface area contributed by atoms with Crippen molar-refractivity contribution in [2.75, 3.05) is 0 Å². The first-order chi connectivity index (χ1) is 7.88. The zero-order chi connectivity index (χ0) is 13.4. The minimum Gasteiger partial charge on any atom is -0.478 e. The predicted octanol–water partition coefficient (Wildman–Crippen LogP) is 2.78. The standard InChI is InChI=1S/C8H6O4.C2HF3/c9-7(10)5-1-2-6(4-3-5)8(11)12;3-1-2(4)5/h1-4H,(H,9,10)(H,11,12);1H. The van der Waals surface area contributed by atoms with Gasteiger partial charge in [-0.3, -0.25) is 0 Å². The molecule has 0 aliphatic heterocycles. The zero-order valence-corrected chi connectivity index (χ0v) is 8.23. The Balaban J connectivity index is 0.000000437. The molecule has 0 heterocycles. The van der Waals surface area contributed by atoms with Gasteiger partial charge in [-0.25, -0.2) is 14.0 Å². The molecule has 2 N–H and O–H groups in total. The van der Waals surface area contributed by atoms with E-state index in [1.54, 1.807) is 0 Å². The van der Waals surface area contributed by atoms with Crippen LogP contribution in [-0.2, 0) is 0 Å². The lowest BCUT2D eigenvalue weighted by atomic mass is 10.1. The fraction of sp³-hybridized carbons (Fsp3) is 0. The molecule has 17 heavy (non-hydrogen) atoms. The lowest BCUT2D eigenvalue weighted by Crippen LogP contribution is -1.99. The molecule has 0 aromatic heterocycles. The maximum atomic E-state index is 10.3. The molecule has 0 aliphatic rings. The molecule has 1 aromatic carbocycles. The topological polar surface area (TPSA) is 74.6 Å². The van der Waals surface area contributed by atoms with E-state index in [2.05, 4.69) is 0 Å². The van der Waals surface area contributed by atoms with Gasteiger partial charge in [-0.1, -0.05) is 0 Å². The largest absolute Gasteiger partial charge is 0.478 e. The second-order valence-electron chi connectivity index (χ2n) is 2.59. The van der Waals surface area contributed by atoms with E-state index >= 15 is 0 Å². The molecule has 1 aromatic rings. The van der Waals surface area contributed by atoms with Gasteiger partial charge in [-0.15, -0.1) is 0 Å². The average molecular weight is 248 g/mol. The Morgan fingerprint density at radius 3 is 1.29 bits per heavy atom. The average Bonchev–Trinajstić information content (AvgIpc) is 2.29. The Bertz CT molecular complexity index is 389. The van der Waals surface area contributed by atoms with Crippen molar-refractivity contribution in [3.05, 3.63) is 47.8 Å². The van der Waals surface area contributed by atoms with Crippen molar-refractivity contribution in [3.8, 4) is 0 Å². The van der Waals surface area contributed by atoms with Gasteiger partial charge in [0.2, 0.25) is 0 Å². The number of carboxylic acid groups (broad SMARTS) is 2. The molecule has 92 valence electrons. The molecule has 7 heteroatoms. The lowest BCUT2D eigenvalue weighted by molar-refractivity contribution is 0.0681. The summed E-state index contributed by atoms with van der Waals surface area (Å²) in [5, 5.41) is 16.9. The highest BCUT2D eigenvalue weighted by atomic mass is 19.3. The molecule has 0 radical (unpaired) electrons. The van der Waals surface area contributed by atoms with Gasteiger partial charge >= 0.3 is 11.9 Å². The highest BCUT2D eigenvalue weighted by molar-refractivity contribution is 5.91. The first-order valence-electron chi connectivity index (χ1n) is 4.06. The summed E-state index contributed by atoms with van der Waals surface area (Å²) in [6, 6.07) is 5.02. The van der Waals surface area contributed by atoms with Gasteiger partial charge in [0.25, 0.3) is 6.08 Å². The minimum absolute atomic E-state index is 0.0833. The predicted molar refractivity (Wildman–Crippen MR) is 51.8 cm³/mol. The van der Waals surface area contributed by atoms with Gasteiger partial charge in [0, 0.05) is 0 Å². The first kappa shape index (κ1) is 14.7. The third kappa shape index (κ3) is 5.98. The number of carbonyl (C=O) groups is 2. The minimum atomic E-state index is -2.29. The van der Waals surface area contributed by atoms with E-state index in [-0.39, 0.29) is 11.1 Å². The van der Waals surface area contributed by atoms with Crippen LogP contribution < -0.4 is 0 Å². The molecule has 0 unspecified atom stereocenters. The Hall–Kier alpha value is -2.31. The lowest BCUT2D eigenvalue weighted by Gasteiger charge is -1.94. The van der Waals surface area contributed by atoms with E-state index < -0.39 is 24.3 Å². The van der Waals surface area contributed by atoms with Crippen LogP contribution in [0.5, 0.6) is 0 Å². The number of halogens is 3. The molecular formula is C10H7F3O4. The van der Waals surface area contributed by atoms with Crippen LogP contribution >= 0.6 is 0 Å². The number of hydrogen-bond donors (Lipinski definition) is 2. The Morgan fingerprint density at radius 1 is 0.941 bits per heavy atom. The maximum Gasteiger partial charge on any atom is 0.335 e. The van der Waals surface area contributed by atoms with Gasteiger partial charge in [0.05, 0.1) is 11.1 Å². The van der Waals surface area contributed by atoms with Gasteiger partial charge in [0.1, 0.15) is 0 Å². The summed E-state index contributed by atoms with van der Waals surface area (Å²) in [6.07, 6.45) is -3.04. The van der Waals surface area contributed by atoms with Gasteiger partial charge in [0.15, 0.2) is 6.33 Å². The van der Waals surface area contributed by atoms with Gasteiger partial charge in [-0.2, -0.15) is 8.78 Å². The van der Waals surface area contributed by atoms with E-state index in [1.165, 1.54) is 24.3 Å². The highest BCUT2D eigenvalue weighted by Crippen LogP contribution is 2.03. The second-order valence-corrected chi connectivity index (χ2v) is 2.59. The van der Waals surface area contributed by atoms with Crippen LogP contribution in [0.3, 0.4) is 0 Å². The Labute approximate surface area is 93.6 Å². The molecule has 0 spiro atoms. The van der Waals surface area contributed by atoms with Gasteiger partial charge < -0.3 is 10.2 Å². The number of rotatable bonds is 2. The van der Waals surface area contributed by atoms with Gasteiger partial charge in [-0.05, 0) is 24.3 Å². The molecule has 1 rings (SSSR count). The van der Waals surface area contributed by atoms with Crippen LogP contribution in [0.25, 0.3) is 0 Å². The van der Waals surface area contributed by atoms with Crippen LogP contribution in [0.15, 0.2) is 36.7 Å². The molecule has 0 atom stereocenters. The SMILES string of the molecule is FC=C(F)F.O=C(O)c1ccc(C(=O)O)cc1. The van der Waals surface area contributed by atoms with E-state index in [0.717, 1.165) is 0 Å². The highest BCUT2D eigenvalue weighted by Gasteiger charge is 2.04. The molecule has 0 fully saturated rings. The molecule has 0 saturated carbocycles. The van der Waals surface area contributed by atoms with E-state index in [1.807, 2.05) is 0 Å². The van der Waals surface area contributed by atoms with Crippen molar-refractivity contribution in [1.82, 2.24) is 0 Å². The van der Waals surface area contributed by atoms with Crippen LogP contribution in [0, 0.1) is 0 Å². The van der Waals surface area contributed by atoms with Crippen molar-refractivity contribution in [1.29, 1.82) is 0 Å². The molecule has 0 amide bonds. The summed E-state index contributed by atoms with van der Waals surface area (Å²) in [7, 11) is 0. The van der Waals surface area contributed by atoms with Crippen LogP contribution in [-0.4, -0.2) is 22.2 Å². The smallest absolute Gasteiger partial charge is 0.335 e. The summed E-state index contributed by atoms with van der Waals surface area (Å²) in [5.74, 6) is -2.13. The molecular weight excluding hydrogens is 241 g/mol. The second kappa shape index (κ2) is 7.04. The third-order valence-corrected chi connectivity index (χ3v) is 1.46. The monoisotopic (exact) mass is 248 g/mol. The normalized spacial score (nSPS) is 8.65. The van der Waals surface area contributed by atoms with Crippen molar-refractivity contribution in [2.24, 2.45) is 0 Å². The van der Waals surface area contributed by atoms with Crippen LogP contribution in [0.1, 0.15) is 20.7 Å². The summed E-state index contributed by atoms with van der Waals surface area (Å²) in [6.45, 7) is 0. The van der Waals surface area contributed by atoms with Crippen LogP contribution in [0.2, 0.25) is 0 Å². The fourth-order valence-electron chi connectivity index (χ4n) is 0.755. The quantitative estimate of drug-likeness (QED) is 0.843. The molecule has 4 nitrogen and oxygen atoms in total.